The van der Waals surface area contributed by atoms with Crippen LogP contribution in [0.15, 0.2) is 29.6 Å². The van der Waals surface area contributed by atoms with Gasteiger partial charge in [-0.2, -0.15) is 0 Å². The van der Waals surface area contributed by atoms with E-state index in [1.165, 1.54) is 16.9 Å². The molecule has 1 unspecified atom stereocenters. The van der Waals surface area contributed by atoms with Crippen molar-refractivity contribution in [3.8, 4) is 10.6 Å². The fourth-order valence-electron chi connectivity index (χ4n) is 2.83. The highest BCUT2D eigenvalue weighted by molar-refractivity contribution is 7.13. The number of thiazole rings is 1. The molecule has 1 aromatic heterocycles. The number of nitrogens with two attached hydrogens (primary N) is 1. The maximum atomic E-state index is 12.4. The lowest BCUT2D eigenvalue weighted by atomic mass is 10.1. The topological polar surface area (TPSA) is 76.3 Å². The van der Waals surface area contributed by atoms with Crippen LogP contribution >= 0.6 is 11.3 Å². The number of primary amides is 1. The number of nitrogens with zero attached hydrogens (tertiary/aromatic N) is 2. The van der Waals surface area contributed by atoms with Crippen molar-refractivity contribution in [1.29, 1.82) is 0 Å². The van der Waals surface area contributed by atoms with E-state index in [4.69, 9.17) is 5.73 Å². The number of aryl methyl sites for hydroxylation is 1. The van der Waals surface area contributed by atoms with Crippen LogP contribution in [0.2, 0.25) is 0 Å². The summed E-state index contributed by atoms with van der Waals surface area (Å²) in [6.07, 6.45) is 1.70. The molecule has 5 nitrogen and oxygen atoms in total. The van der Waals surface area contributed by atoms with Crippen LogP contribution in [0.3, 0.4) is 0 Å². The third-order valence-electron chi connectivity index (χ3n) is 4.08. The third kappa shape index (κ3) is 3.42. The zero-order chi connectivity index (χ0) is 16.4. The maximum absolute atomic E-state index is 12.4. The Morgan fingerprint density at radius 3 is 2.78 bits per heavy atom. The minimum absolute atomic E-state index is 0.0768. The van der Waals surface area contributed by atoms with E-state index in [2.05, 4.69) is 4.98 Å². The van der Waals surface area contributed by atoms with Crippen LogP contribution in [0.4, 0.5) is 0 Å². The molecule has 23 heavy (non-hydrogen) atoms. The third-order valence-corrected chi connectivity index (χ3v) is 5.02. The van der Waals surface area contributed by atoms with Gasteiger partial charge in [-0.15, -0.1) is 11.3 Å². The molecule has 1 atom stereocenters. The molecule has 0 bridgehead atoms. The van der Waals surface area contributed by atoms with Gasteiger partial charge < -0.3 is 10.6 Å². The smallest absolute Gasteiger partial charge is 0.240 e. The lowest BCUT2D eigenvalue weighted by molar-refractivity contribution is -0.136. The minimum atomic E-state index is -0.460. The van der Waals surface area contributed by atoms with E-state index >= 15 is 0 Å². The highest BCUT2D eigenvalue weighted by Crippen LogP contribution is 2.25. The minimum Gasteiger partial charge on any atom is -0.368 e. The number of rotatable bonds is 4. The summed E-state index contributed by atoms with van der Waals surface area (Å²) in [5.41, 5.74) is 8.36. The molecule has 1 aliphatic heterocycles. The van der Waals surface area contributed by atoms with E-state index < -0.39 is 11.9 Å². The van der Waals surface area contributed by atoms with Crippen molar-refractivity contribution in [3.63, 3.8) is 0 Å². The number of hydrogen-bond acceptors (Lipinski definition) is 4. The van der Waals surface area contributed by atoms with Crippen molar-refractivity contribution in [3.05, 3.63) is 40.9 Å². The number of carbonyl (C=O) groups is 2. The van der Waals surface area contributed by atoms with Gasteiger partial charge in [-0.3, -0.25) is 9.59 Å². The number of hydrogen-bond donors (Lipinski definition) is 1. The van der Waals surface area contributed by atoms with Crippen molar-refractivity contribution in [2.45, 2.75) is 32.2 Å². The van der Waals surface area contributed by atoms with E-state index in [9.17, 15) is 9.59 Å². The Labute approximate surface area is 139 Å². The van der Waals surface area contributed by atoms with Gasteiger partial charge in [0.15, 0.2) is 0 Å². The standard InChI is InChI=1S/C17H19N3O2S/c1-11-4-6-12(7-5-11)17-19-13(10-23-17)9-15(21)20-8-2-3-14(20)16(18)22/h4-7,10,14H,2-3,8-9H2,1H3,(H2,18,22). The average Bonchev–Trinajstić information content (AvgIpc) is 3.16. The Morgan fingerprint density at radius 2 is 2.09 bits per heavy atom. The summed E-state index contributed by atoms with van der Waals surface area (Å²) in [7, 11) is 0. The van der Waals surface area contributed by atoms with Crippen LogP contribution in [0.25, 0.3) is 10.6 Å². The fraction of sp³-hybridized carbons (Fsp3) is 0.353. The van der Waals surface area contributed by atoms with E-state index in [1.54, 1.807) is 4.90 Å². The Balaban J connectivity index is 1.70. The normalized spacial score (nSPS) is 17.4. The van der Waals surface area contributed by atoms with Crippen LogP contribution in [0, 0.1) is 6.92 Å². The van der Waals surface area contributed by atoms with Crippen LogP contribution in [-0.2, 0) is 16.0 Å². The lowest BCUT2D eigenvalue weighted by Gasteiger charge is -2.21. The molecule has 0 saturated carbocycles. The number of likely N-dealkylation sites (tertiary alicyclic amines) is 1. The second-order valence-corrected chi connectivity index (χ2v) is 6.69. The Bertz CT molecular complexity index is 724. The highest BCUT2D eigenvalue weighted by Gasteiger charge is 2.32. The van der Waals surface area contributed by atoms with Crippen LogP contribution < -0.4 is 5.73 Å². The molecule has 0 radical (unpaired) electrons. The monoisotopic (exact) mass is 329 g/mol. The largest absolute Gasteiger partial charge is 0.368 e. The Hall–Kier alpha value is -2.21. The second-order valence-electron chi connectivity index (χ2n) is 5.83. The molecule has 2 N–H and O–H groups in total. The quantitative estimate of drug-likeness (QED) is 0.933. The van der Waals surface area contributed by atoms with Gasteiger partial charge in [-0.25, -0.2) is 4.98 Å². The summed E-state index contributed by atoms with van der Waals surface area (Å²) in [6.45, 7) is 2.64. The predicted octanol–water partition coefficient (Wildman–Crippen LogP) is 2.14. The predicted molar refractivity (Wildman–Crippen MR) is 89.9 cm³/mol. The molecule has 0 aliphatic carbocycles. The second kappa shape index (κ2) is 6.50. The molecule has 1 saturated heterocycles. The van der Waals surface area contributed by atoms with Crippen LogP contribution in [-0.4, -0.2) is 34.3 Å². The molecule has 120 valence electrons. The van der Waals surface area contributed by atoms with Crippen molar-refractivity contribution >= 4 is 23.2 Å². The summed E-state index contributed by atoms with van der Waals surface area (Å²) >= 11 is 1.53. The Morgan fingerprint density at radius 1 is 1.35 bits per heavy atom. The van der Waals surface area contributed by atoms with Gasteiger partial charge in [-0.1, -0.05) is 29.8 Å². The molecule has 1 fully saturated rings. The summed E-state index contributed by atoms with van der Waals surface area (Å²) in [5.74, 6) is -0.499. The summed E-state index contributed by atoms with van der Waals surface area (Å²) in [4.78, 5) is 29.9. The van der Waals surface area contributed by atoms with Gasteiger partial charge in [-0.05, 0) is 19.8 Å². The van der Waals surface area contributed by atoms with E-state index in [0.717, 1.165) is 22.7 Å². The number of benzene rings is 1. The lowest BCUT2D eigenvalue weighted by Crippen LogP contribution is -2.44. The molecule has 3 rings (SSSR count). The first-order valence-corrected chi connectivity index (χ1v) is 8.53. The van der Waals surface area contributed by atoms with Crippen molar-refractivity contribution in [1.82, 2.24) is 9.88 Å². The highest BCUT2D eigenvalue weighted by atomic mass is 32.1. The summed E-state index contributed by atoms with van der Waals surface area (Å²) in [5, 5.41) is 2.81. The SMILES string of the molecule is Cc1ccc(-c2nc(CC(=O)N3CCCC3C(N)=O)cs2)cc1. The van der Waals surface area contributed by atoms with Crippen molar-refractivity contribution < 1.29 is 9.59 Å². The van der Waals surface area contributed by atoms with Gasteiger partial charge in [0.25, 0.3) is 0 Å². The first-order chi connectivity index (χ1) is 11.0. The van der Waals surface area contributed by atoms with Gasteiger partial charge >= 0.3 is 0 Å². The first-order valence-electron chi connectivity index (χ1n) is 7.65. The van der Waals surface area contributed by atoms with Crippen LogP contribution in [0.5, 0.6) is 0 Å². The van der Waals surface area contributed by atoms with E-state index in [1.807, 2.05) is 36.6 Å². The van der Waals surface area contributed by atoms with Gasteiger partial charge in [0.1, 0.15) is 11.0 Å². The van der Waals surface area contributed by atoms with Gasteiger partial charge in [0.2, 0.25) is 11.8 Å². The van der Waals surface area contributed by atoms with Gasteiger partial charge in [0, 0.05) is 17.5 Å². The molecule has 1 aromatic carbocycles. The first kappa shape index (κ1) is 15.7. The van der Waals surface area contributed by atoms with Crippen molar-refractivity contribution in [2.24, 2.45) is 5.73 Å². The average molecular weight is 329 g/mol. The molecule has 1 aliphatic rings. The molecule has 2 aromatic rings. The molecule has 0 spiro atoms. The van der Waals surface area contributed by atoms with E-state index in [0.29, 0.717) is 13.0 Å². The number of amides is 2. The van der Waals surface area contributed by atoms with Gasteiger partial charge in [0.05, 0.1) is 12.1 Å². The fourth-order valence-corrected chi connectivity index (χ4v) is 3.66. The summed E-state index contributed by atoms with van der Waals surface area (Å²) in [6, 6.07) is 7.69. The molecule has 2 amide bonds. The molecular weight excluding hydrogens is 310 g/mol. The molecular formula is C17H19N3O2S. The van der Waals surface area contributed by atoms with E-state index in [-0.39, 0.29) is 12.3 Å². The number of aromatic nitrogens is 1. The number of carbonyl (C=O) groups excluding carboxylic acids is 2. The summed E-state index contributed by atoms with van der Waals surface area (Å²) < 4.78 is 0. The zero-order valence-electron chi connectivity index (χ0n) is 13.0. The molecule has 2 heterocycles. The van der Waals surface area contributed by atoms with Crippen molar-refractivity contribution in [2.75, 3.05) is 6.54 Å². The maximum Gasteiger partial charge on any atom is 0.240 e. The molecule has 6 heteroatoms. The zero-order valence-corrected chi connectivity index (χ0v) is 13.8. The Kier molecular flexibility index (Phi) is 4.43. The van der Waals surface area contributed by atoms with Crippen LogP contribution in [0.1, 0.15) is 24.1 Å².